The summed E-state index contributed by atoms with van der Waals surface area (Å²) in [5.41, 5.74) is 0.769. The summed E-state index contributed by atoms with van der Waals surface area (Å²) in [5.74, 6) is 3.26. The quantitative estimate of drug-likeness (QED) is 0.510. The Morgan fingerprint density at radius 2 is 1.62 bits per heavy atom. The van der Waals surface area contributed by atoms with Crippen molar-refractivity contribution < 1.29 is 14.2 Å². The van der Waals surface area contributed by atoms with E-state index in [1.807, 2.05) is 37.2 Å². The number of nitrogens with one attached hydrogen (secondary N) is 3. The van der Waals surface area contributed by atoms with E-state index in [0.29, 0.717) is 40.4 Å². The second-order valence-corrected chi connectivity index (χ2v) is 8.25. The van der Waals surface area contributed by atoms with E-state index in [1.165, 1.54) is 0 Å². The van der Waals surface area contributed by atoms with Crippen LogP contribution >= 0.6 is 12.2 Å². The van der Waals surface area contributed by atoms with Gasteiger partial charge in [0.2, 0.25) is 11.7 Å². The number of nitrogens with zero attached hydrogens (tertiary/aromatic N) is 3. The van der Waals surface area contributed by atoms with Crippen LogP contribution in [0, 0.1) is 0 Å². The van der Waals surface area contributed by atoms with Crippen molar-refractivity contribution in [2.45, 2.75) is 37.8 Å². The second kappa shape index (κ2) is 11.0. The summed E-state index contributed by atoms with van der Waals surface area (Å²) in [4.78, 5) is 10.9. The summed E-state index contributed by atoms with van der Waals surface area (Å²) in [6.07, 6.45) is 5.81. The van der Waals surface area contributed by atoms with Crippen molar-refractivity contribution in [2.24, 2.45) is 0 Å². The Bertz CT molecular complexity index is 893. The third-order valence-corrected chi connectivity index (χ3v) is 5.64. The van der Waals surface area contributed by atoms with Gasteiger partial charge >= 0.3 is 0 Å². The fourth-order valence-electron chi connectivity index (χ4n) is 3.74. The van der Waals surface area contributed by atoms with Crippen LogP contribution in [0.4, 0.5) is 17.5 Å². The highest BCUT2D eigenvalue weighted by molar-refractivity contribution is 7.80. The molecule has 0 aliphatic heterocycles. The molecule has 0 bridgehead atoms. The van der Waals surface area contributed by atoms with Crippen LogP contribution in [0.3, 0.4) is 0 Å². The molecule has 1 heterocycles. The van der Waals surface area contributed by atoms with Gasteiger partial charge in [-0.25, -0.2) is 4.98 Å². The molecule has 3 rings (SSSR count). The summed E-state index contributed by atoms with van der Waals surface area (Å²) in [5, 5.41) is 10.7. The van der Waals surface area contributed by atoms with Gasteiger partial charge in [-0.3, -0.25) is 0 Å². The van der Waals surface area contributed by atoms with Gasteiger partial charge in [0.25, 0.3) is 0 Å². The number of anilines is 3. The van der Waals surface area contributed by atoms with Gasteiger partial charge in [0.05, 0.1) is 21.3 Å². The maximum absolute atomic E-state index is 5.53. The summed E-state index contributed by atoms with van der Waals surface area (Å²) in [7, 11) is 8.70. The van der Waals surface area contributed by atoms with E-state index in [1.54, 1.807) is 27.5 Å². The van der Waals surface area contributed by atoms with E-state index in [9.17, 15) is 0 Å². The molecule has 0 spiro atoms. The van der Waals surface area contributed by atoms with Crippen LogP contribution in [0.1, 0.15) is 25.7 Å². The minimum atomic E-state index is 0.309. The zero-order valence-electron chi connectivity index (χ0n) is 19.3. The van der Waals surface area contributed by atoms with Crippen molar-refractivity contribution in [3.05, 3.63) is 24.4 Å². The van der Waals surface area contributed by atoms with E-state index in [2.05, 4.69) is 25.9 Å². The number of hydrogen-bond acceptors (Lipinski definition) is 8. The molecule has 0 radical (unpaired) electrons. The SMILES string of the molecule is COc1cc(NC(=S)NC2CCC(Nc3nccc(N(C)C)n3)CC2)cc(OC)c1OC. The average Bonchev–Trinajstić information content (AvgIpc) is 2.79. The minimum absolute atomic E-state index is 0.309. The Balaban J connectivity index is 1.51. The molecule has 10 heteroatoms. The third kappa shape index (κ3) is 6.03. The van der Waals surface area contributed by atoms with Gasteiger partial charge in [0.1, 0.15) is 5.82 Å². The van der Waals surface area contributed by atoms with Gasteiger partial charge < -0.3 is 35.1 Å². The lowest BCUT2D eigenvalue weighted by Crippen LogP contribution is -2.42. The third-order valence-electron chi connectivity index (χ3n) is 5.42. The number of methoxy groups -OCH3 is 3. The summed E-state index contributed by atoms with van der Waals surface area (Å²) >= 11 is 5.53. The molecule has 32 heavy (non-hydrogen) atoms. The summed E-state index contributed by atoms with van der Waals surface area (Å²) < 4.78 is 16.2. The second-order valence-electron chi connectivity index (χ2n) is 7.84. The predicted octanol–water partition coefficient (Wildman–Crippen LogP) is 3.28. The van der Waals surface area contributed by atoms with E-state index in [4.69, 9.17) is 26.4 Å². The standard InChI is InChI=1S/C22H32N6O3S/c1-28(2)19-10-11-23-21(27-19)24-14-6-8-15(9-7-14)25-22(32)26-16-12-17(29-3)20(31-5)18(13-16)30-4/h10-15H,6-9H2,1-5H3,(H,23,24,27)(H2,25,26,32). The zero-order chi connectivity index (χ0) is 23.1. The van der Waals surface area contributed by atoms with Crippen molar-refractivity contribution in [3.8, 4) is 17.2 Å². The fraction of sp³-hybridized carbons (Fsp3) is 0.500. The molecule has 3 N–H and O–H groups in total. The number of hydrogen-bond donors (Lipinski definition) is 3. The van der Waals surface area contributed by atoms with E-state index in [-0.39, 0.29) is 0 Å². The monoisotopic (exact) mass is 460 g/mol. The van der Waals surface area contributed by atoms with Gasteiger partial charge in [-0.1, -0.05) is 0 Å². The van der Waals surface area contributed by atoms with Crippen LogP contribution < -0.4 is 35.1 Å². The zero-order valence-corrected chi connectivity index (χ0v) is 20.1. The lowest BCUT2D eigenvalue weighted by Gasteiger charge is -2.30. The molecule has 1 aromatic carbocycles. The van der Waals surface area contributed by atoms with Crippen molar-refractivity contribution in [1.82, 2.24) is 15.3 Å². The summed E-state index contributed by atoms with van der Waals surface area (Å²) in [6.45, 7) is 0. The Kier molecular flexibility index (Phi) is 8.15. The first-order valence-electron chi connectivity index (χ1n) is 10.6. The molecule has 1 saturated carbocycles. The van der Waals surface area contributed by atoms with Crippen molar-refractivity contribution in [3.63, 3.8) is 0 Å². The van der Waals surface area contributed by atoms with Crippen molar-refractivity contribution in [2.75, 3.05) is 51.0 Å². The molecule has 1 fully saturated rings. The molecule has 0 atom stereocenters. The number of ether oxygens (including phenoxy) is 3. The molecule has 1 aliphatic carbocycles. The van der Waals surface area contributed by atoms with Gasteiger partial charge in [0.15, 0.2) is 16.6 Å². The number of benzene rings is 1. The molecular formula is C22H32N6O3S. The smallest absolute Gasteiger partial charge is 0.224 e. The van der Waals surface area contributed by atoms with Gasteiger partial charge in [-0.15, -0.1) is 0 Å². The van der Waals surface area contributed by atoms with Crippen LogP contribution in [0.15, 0.2) is 24.4 Å². The summed E-state index contributed by atoms with van der Waals surface area (Å²) in [6, 6.07) is 6.22. The minimum Gasteiger partial charge on any atom is -0.493 e. The van der Waals surface area contributed by atoms with Crippen LogP contribution in [0.2, 0.25) is 0 Å². The lowest BCUT2D eigenvalue weighted by molar-refractivity contribution is 0.324. The first-order chi connectivity index (χ1) is 15.4. The number of thiocarbonyl (C=S) groups is 1. The Morgan fingerprint density at radius 1 is 1.00 bits per heavy atom. The highest BCUT2D eigenvalue weighted by Gasteiger charge is 2.22. The molecule has 1 aromatic heterocycles. The normalized spacial score (nSPS) is 17.8. The average molecular weight is 461 g/mol. The van der Waals surface area contributed by atoms with Crippen LogP contribution in [0.25, 0.3) is 0 Å². The molecule has 0 unspecified atom stereocenters. The lowest BCUT2D eigenvalue weighted by atomic mass is 9.91. The Labute approximate surface area is 194 Å². The van der Waals surface area contributed by atoms with Gasteiger partial charge in [0, 0.05) is 50.2 Å². The largest absolute Gasteiger partial charge is 0.493 e. The maximum atomic E-state index is 5.53. The molecular weight excluding hydrogens is 428 g/mol. The van der Waals surface area contributed by atoms with Crippen molar-refractivity contribution in [1.29, 1.82) is 0 Å². The molecule has 0 saturated heterocycles. The van der Waals surface area contributed by atoms with E-state index >= 15 is 0 Å². The van der Waals surface area contributed by atoms with Crippen LogP contribution in [0.5, 0.6) is 17.2 Å². The van der Waals surface area contributed by atoms with Gasteiger partial charge in [-0.2, -0.15) is 4.98 Å². The topological polar surface area (TPSA) is 92.8 Å². The molecule has 2 aromatic rings. The first kappa shape index (κ1) is 23.6. The first-order valence-corrected chi connectivity index (χ1v) is 11.0. The Morgan fingerprint density at radius 3 is 2.19 bits per heavy atom. The van der Waals surface area contributed by atoms with Crippen LogP contribution in [-0.4, -0.2) is 62.6 Å². The predicted molar refractivity (Wildman–Crippen MR) is 131 cm³/mol. The van der Waals surface area contributed by atoms with Crippen LogP contribution in [-0.2, 0) is 0 Å². The highest BCUT2D eigenvalue weighted by atomic mass is 32.1. The molecule has 1 aliphatic rings. The fourth-order valence-corrected chi connectivity index (χ4v) is 4.02. The number of aromatic nitrogens is 2. The molecule has 9 nitrogen and oxygen atoms in total. The molecule has 0 amide bonds. The van der Waals surface area contributed by atoms with E-state index < -0.39 is 0 Å². The molecule has 174 valence electrons. The number of rotatable bonds is 8. The van der Waals surface area contributed by atoms with Gasteiger partial charge in [-0.05, 0) is 44.0 Å². The Hall–Kier alpha value is -3.01. The maximum Gasteiger partial charge on any atom is 0.224 e. The van der Waals surface area contributed by atoms with E-state index in [0.717, 1.165) is 37.2 Å². The highest BCUT2D eigenvalue weighted by Crippen LogP contribution is 2.39. The van der Waals surface area contributed by atoms with Crippen molar-refractivity contribution >= 4 is 34.8 Å².